The minimum Gasteiger partial charge on any atom is -0.394 e. The Morgan fingerprint density at radius 2 is 1.17 bits per heavy atom. The third-order valence-electron chi connectivity index (χ3n) is 7.54. The maximum absolute atomic E-state index is 11.6. The second-order valence-corrected chi connectivity index (χ2v) is 11.4. The fraction of sp³-hybridized carbons (Fsp3) is 0.931. The quantitative estimate of drug-likeness (QED) is 0.0451. The highest BCUT2D eigenvalue weighted by Crippen LogP contribution is 2.23. The molecular formula is C29H55N3O16. The number of aliphatic hydroxyl groups excluding tert-OH is 6. The van der Waals surface area contributed by atoms with Gasteiger partial charge in [0.05, 0.1) is 97.5 Å². The Morgan fingerprint density at radius 3 is 1.69 bits per heavy atom. The number of likely N-dealkylation sites (N-methyl/N-ethyl adjacent to an activating group) is 1. The van der Waals surface area contributed by atoms with Gasteiger partial charge in [0.1, 0.15) is 36.6 Å². The monoisotopic (exact) mass is 701 g/mol. The van der Waals surface area contributed by atoms with Gasteiger partial charge in [0, 0.05) is 20.3 Å². The van der Waals surface area contributed by atoms with Gasteiger partial charge < -0.3 is 84.5 Å². The van der Waals surface area contributed by atoms with E-state index in [0.29, 0.717) is 26.4 Å². The van der Waals surface area contributed by atoms with E-state index in [-0.39, 0.29) is 58.0 Å². The molecule has 2 heterocycles. The molecular weight excluding hydrogens is 646 g/mol. The SMILES string of the molecule is CNC(COCCOCCOC1OC(CO)C(O)C(O)CC1NC(C)=O)COCCOCCOC1OC(CO)C(O)C(O)C1NC(C)=O. The van der Waals surface area contributed by atoms with Crippen LogP contribution in [0.1, 0.15) is 20.3 Å². The average molecular weight is 702 g/mol. The average Bonchev–Trinajstić information content (AvgIpc) is 3.16. The van der Waals surface area contributed by atoms with Crippen LogP contribution < -0.4 is 16.0 Å². The molecule has 282 valence electrons. The third-order valence-corrected chi connectivity index (χ3v) is 7.54. The van der Waals surface area contributed by atoms with Crippen molar-refractivity contribution in [3.63, 3.8) is 0 Å². The topological polar surface area (TPSA) is 265 Å². The number of hydrogen-bond donors (Lipinski definition) is 9. The van der Waals surface area contributed by atoms with Gasteiger partial charge in [0.25, 0.3) is 0 Å². The molecule has 2 fully saturated rings. The van der Waals surface area contributed by atoms with E-state index in [1.807, 2.05) is 0 Å². The first-order valence-electron chi connectivity index (χ1n) is 16.0. The summed E-state index contributed by atoms with van der Waals surface area (Å²) in [5.41, 5.74) is 0. The van der Waals surface area contributed by atoms with E-state index in [1.54, 1.807) is 7.05 Å². The summed E-state index contributed by atoms with van der Waals surface area (Å²) in [6.07, 6.45) is -9.54. The largest absolute Gasteiger partial charge is 0.394 e. The van der Waals surface area contributed by atoms with Crippen LogP contribution in [0.2, 0.25) is 0 Å². The highest BCUT2D eigenvalue weighted by molar-refractivity contribution is 5.73. The summed E-state index contributed by atoms with van der Waals surface area (Å²) >= 11 is 0. The van der Waals surface area contributed by atoms with Crippen molar-refractivity contribution < 1.29 is 78.1 Å². The molecule has 0 saturated carbocycles. The molecule has 11 atom stereocenters. The fourth-order valence-corrected chi connectivity index (χ4v) is 4.97. The number of carbonyl (C=O) groups excluding carboxylic acids is 2. The van der Waals surface area contributed by atoms with Crippen molar-refractivity contribution in [1.29, 1.82) is 0 Å². The summed E-state index contributed by atoms with van der Waals surface area (Å²) in [6.45, 7) is 3.91. The first kappa shape index (κ1) is 42.5. The molecule has 2 aliphatic heterocycles. The fourth-order valence-electron chi connectivity index (χ4n) is 4.97. The van der Waals surface area contributed by atoms with Gasteiger partial charge in [0.15, 0.2) is 12.6 Å². The smallest absolute Gasteiger partial charge is 0.217 e. The Labute approximate surface area is 280 Å². The van der Waals surface area contributed by atoms with Gasteiger partial charge in [-0.05, 0) is 7.05 Å². The Hall–Kier alpha value is -1.66. The Kier molecular flexibility index (Phi) is 21.0. The lowest BCUT2D eigenvalue weighted by atomic mass is 9.97. The molecule has 0 aromatic carbocycles. The zero-order valence-corrected chi connectivity index (χ0v) is 27.8. The highest BCUT2D eigenvalue weighted by atomic mass is 16.7. The van der Waals surface area contributed by atoms with Gasteiger partial charge in [-0.3, -0.25) is 9.59 Å². The van der Waals surface area contributed by atoms with Gasteiger partial charge >= 0.3 is 0 Å². The molecule has 48 heavy (non-hydrogen) atoms. The third kappa shape index (κ3) is 15.1. The van der Waals surface area contributed by atoms with Crippen LogP contribution in [0.4, 0.5) is 0 Å². The summed E-state index contributed by atoms with van der Waals surface area (Å²) in [7, 11) is 1.78. The Morgan fingerprint density at radius 1 is 0.688 bits per heavy atom. The lowest BCUT2D eigenvalue weighted by Crippen LogP contribution is -2.64. The van der Waals surface area contributed by atoms with Crippen molar-refractivity contribution in [1.82, 2.24) is 16.0 Å². The highest BCUT2D eigenvalue weighted by Gasteiger charge is 2.45. The number of aliphatic hydroxyl groups is 6. The Balaban J connectivity index is 1.54. The molecule has 0 radical (unpaired) electrons. The van der Waals surface area contributed by atoms with Crippen LogP contribution in [0.5, 0.6) is 0 Å². The van der Waals surface area contributed by atoms with E-state index in [1.165, 1.54) is 13.8 Å². The predicted octanol–water partition coefficient (Wildman–Crippen LogP) is -5.05. The van der Waals surface area contributed by atoms with E-state index in [4.69, 9.17) is 37.9 Å². The molecule has 0 aromatic rings. The molecule has 19 heteroatoms. The van der Waals surface area contributed by atoms with Crippen molar-refractivity contribution in [2.45, 2.75) is 87.6 Å². The number of hydrogen-bond acceptors (Lipinski definition) is 17. The first-order chi connectivity index (χ1) is 23.0. The van der Waals surface area contributed by atoms with E-state index in [2.05, 4.69) is 16.0 Å². The van der Waals surface area contributed by atoms with Gasteiger partial charge in [0.2, 0.25) is 11.8 Å². The second kappa shape index (κ2) is 23.7. The maximum Gasteiger partial charge on any atom is 0.217 e. The van der Waals surface area contributed by atoms with E-state index >= 15 is 0 Å². The predicted molar refractivity (Wildman–Crippen MR) is 163 cm³/mol. The number of carbonyl (C=O) groups is 2. The minimum atomic E-state index is -1.39. The van der Waals surface area contributed by atoms with Crippen molar-refractivity contribution in [2.24, 2.45) is 0 Å². The molecule has 0 bridgehead atoms. The molecule has 19 nitrogen and oxygen atoms in total. The molecule has 9 N–H and O–H groups in total. The van der Waals surface area contributed by atoms with Crippen LogP contribution in [0, 0.1) is 0 Å². The van der Waals surface area contributed by atoms with Gasteiger partial charge in [-0.15, -0.1) is 0 Å². The molecule has 2 amide bonds. The first-order valence-corrected chi connectivity index (χ1v) is 16.0. The number of amides is 2. The summed E-state index contributed by atoms with van der Waals surface area (Å²) < 4.78 is 44.7. The number of rotatable bonds is 23. The van der Waals surface area contributed by atoms with Crippen molar-refractivity contribution >= 4 is 11.8 Å². The molecule has 2 rings (SSSR count). The van der Waals surface area contributed by atoms with Gasteiger partial charge in [-0.2, -0.15) is 0 Å². The van der Waals surface area contributed by atoms with Crippen LogP contribution in [-0.4, -0.2) is 196 Å². The van der Waals surface area contributed by atoms with Crippen LogP contribution in [0.25, 0.3) is 0 Å². The molecule has 11 unspecified atom stereocenters. The van der Waals surface area contributed by atoms with E-state index in [0.717, 1.165) is 0 Å². The molecule has 2 aliphatic rings. The summed E-state index contributed by atoms with van der Waals surface area (Å²) in [4.78, 5) is 23.1. The lowest BCUT2D eigenvalue weighted by Gasteiger charge is -2.42. The second-order valence-electron chi connectivity index (χ2n) is 11.4. The van der Waals surface area contributed by atoms with Crippen molar-refractivity contribution in [2.75, 3.05) is 86.3 Å². The normalized spacial score (nSPS) is 31.6. The molecule has 2 saturated heterocycles. The van der Waals surface area contributed by atoms with Crippen molar-refractivity contribution in [3.8, 4) is 0 Å². The van der Waals surface area contributed by atoms with Crippen LogP contribution in [-0.2, 0) is 47.5 Å². The summed E-state index contributed by atoms with van der Waals surface area (Å²) in [5, 5.41) is 67.7. The van der Waals surface area contributed by atoms with Crippen LogP contribution >= 0.6 is 0 Å². The minimum absolute atomic E-state index is 0.0137. The van der Waals surface area contributed by atoms with Crippen LogP contribution in [0.15, 0.2) is 0 Å². The van der Waals surface area contributed by atoms with Gasteiger partial charge in [-0.25, -0.2) is 0 Å². The Bertz CT molecular complexity index is 893. The van der Waals surface area contributed by atoms with E-state index < -0.39 is 80.4 Å². The number of ether oxygens (including phenoxy) is 8. The zero-order chi connectivity index (χ0) is 35.5. The van der Waals surface area contributed by atoms with Crippen LogP contribution in [0.3, 0.4) is 0 Å². The lowest BCUT2D eigenvalue weighted by molar-refractivity contribution is -0.272. The number of nitrogens with one attached hydrogen (secondary N) is 3. The molecule has 0 spiro atoms. The summed E-state index contributed by atoms with van der Waals surface area (Å²) in [5.74, 6) is -0.798. The molecule has 0 aliphatic carbocycles. The maximum atomic E-state index is 11.6. The van der Waals surface area contributed by atoms with Crippen molar-refractivity contribution in [3.05, 3.63) is 0 Å². The van der Waals surface area contributed by atoms with E-state index in [9.17, 15) is 40.2 Å². The standard InChI is InChI=1S/C29H55N3O16/c1-17(35)31-20-12-21(37)25(38)22(13-33)47-28(20)45-10-8-41-4-6-43-15-19(30-3)16-44-7-5-42-9-11-46-29-24(32-18(2)36)27(40)26(39)23(14-34)48-29/h19-30,33-34,37-40H,4-16H2,1-3H3,(H,31,35)(H,32,36). The zero-order valence-electron chi connectivity index (χ0n) is 27.8. The molecule has 0 aromatic heterocycles. The summed E-state index contributed by atoms with van der Waals surface area (Å²) in [6, 6.07) is -1.83. The van der Waals surface area contributed by atoms with Gasteiger partial charge in [-0.1, -0.05) is 0 Å².